The van der Waals surface area contributed by atoms with E-state index in [2.05, 4.69) is 46.2 Å². The number of nitrogens with zero attached hydrogens (tertiary/aromatic N) is 4. The highest BCUT2D eigenvalue weighted by Gasteiger charge is 2.14. The quantitative estimate of drug-likeness (QED) is 0.576. The molecule has 0 saturated carbocycles. The van der Waals surface area contributed by atoms with Crippen LogP contribution in [0.15, 0.2) is 67.0 Å². The van der Waals surface area contributed by atoms with E-state index in [9.17, 15) is 0 Å². The summed E-state index contributed by atoms with van der Waals surface area (Å²) in [6.45, 7) is 2.09. The van der Waals surface area contributed by atoms with Crippen LogP contribution in [0.2, 0.25) is 0 Å². The first-order chi connectivity index (χ1) is 12.1. The van der Waals surface area contributed by atoms with Gasteiger partial charge in [0, 0.05) is 30.2 Å². The van der Waals surface area contributed by atoms with E-state index < -0.39 is 0 Å². The highest BCUT2D eigenvalue weighted by atomic mass is 15.3. The maximum absolute atomic E-state index is 5.92. The number of hydrogen-bond acceptors (Lipinski definition) is 4. The second kappa shape index (κ2) is 5.94. The van der Waals surface area contributed by atoms with Crippen molar-refractivity contribution in [2.24, 2.45) is 0 Å². The van der Waals surface area contributed by atoms with Crippen LogP contribution in [0.25, 0.3) is 16.8 Å². The van der Waals surface area contributed by atoms with Crippen LogP contribution < -0.4 is 10.6 Å². The van der Waals surface area contributed by atoms with Gasteiger partial charge in [-0.2, -0.15) is 9.61 Å². The fourth-order valence-corrected chi connectivity index (χ4v) is 3.01. The van der Waals surface area contributed by atoms with Crippen molar-refractivity contribution in [2.75, 3.05) is 17.7 Å². The second-order valence-electron chi connectivity index (χ2n) is 6.12. The van der Waals surface area contributed by atoms with E-state index in [1.165, 1.54) is 5.56 Å². The van der Waals surface area contributed by atoms with Crippen LogP contribution >= 0.6 is 0 Å². The number of anilines is 3. The average Bonchev–Trinajstić information content (AvgIpc) is 3.05. The van der Waals surface area contributed by atoms with Crippen LogP contribution in [0.5, 0.6) is 0 Å². The Morgan fingerprint density at radius 2 is 1.88 bits per heavy atom. The molecular formula is C20H19N5. The van der Waals surface area contributed by atoms with E-state index in [-0.39, 0.29) is 0 Å². The Kier molecular flexibility index (Phi) is 3.61. The maximum Gasteiger partial charge on any atom is 0.165 e. The molecule has 0 bridgehead atoms. The Morgan fingerprint density at radius 1 is 1.04 bits per heavy atom. The third kappa shape index (κ3) is 2.70. The van der Waals surface area contributed by atoms with Crippen LogP contribution in [0.4, 0.5) is 17.2 Å². The molecule has 2 aromatic heterocycles. The van der Waals surface area contributed by atoms with Gasteiger partial charge in [0.2, 0.25) is 0 Å². The first kappa shape index (κ1) is 15.2. The van der Waals surface area contributed by atoms with Gasteiger partial charge in [-0.25, -0.2) is 4.98 Å². The lowest BCUT2D eigenvalue weighted by atomic mass is 10.1. The third-order valence-electron chi connectivity index (χ3n) is 4.31. The highest BCUT2D eigenvalue weighted by Crippen LogP contribution is 2.29. The molecule has 5 nitrogen and oxygen atoms in total. The van der Waals surface area contributed by atoms with Crippen molar-refractivity contribution in [3.8, 4) is 11.1 Å². The van der Waals surface area contributed by atoms with Gasteiger partial charge in [0.05, 0.1) is 6.20 Å². The van der Waals surface area contributed by atoms with Crippen molar-refractivity contribution in [2.45, 2.75) is 6.92 Å². The molecule has 0 aliphatic rings. The van der Waals surface area contributed by atoms with Gasteiger partial charge in [0.1, 0.15) is 5.82 Å². The first-order valence-corrected chi connectivity index (χ1v) is 8.12. The van der Waals surface area contributed by atoms with E-state index >= 15 is 0 Å². The molecule has 4 aromatic rings. The van der Waals surface area contributed by atoms with E-state index in [0.29, 0.717) is 0 Å². The van der Waals surface area contributed by atoms with Crippen LogP contribution in [-0.2, 0) is 0 Å². The summed E-state index contributed by atoms with van der Waals surface area (Å²) < 4.78 is 1.86. The molecule has 0 radical (unpaired) electrons. The lowest BCUT2D eigenvalue weighted by Crippen LogP contribution is -2.14. The number of hydrogen-bond donors (Lipinski definition) is 1. The molecule has 25 heavy (non-hydrogen) atoms. The van der Waals surface area contributed by atoms with E-state index in [1.807, 2.05) is 54.3 Å². The van der Waals surface area contributed by atoms with Crippen LogP contribution in [0, 0.1) is 6.92 Å². The van der Waals surface area contributed by atoms with Gasteiger partial charge in [0.15, 0.2) is 5.65 Å². The zero-order valence-electron chi connectivity index (χ0n) is 14.2. The number of benzene rings is 2. The molecule has 0 amide bonds. The van der Waals surface area contributed by atoms with Crippen molar-refractivity contribution in [3.63, 3.8) is 0 Å². The molecule has 0 atom stereocenters. The number of aryl methyl sites for hydroxylation is 1. The van der Waals surface area contributed by atoms with Crippen LogP contribution in [0.1, 0.15) is 5.56 Å². The van der Waals surface area contributed by atoms with Gasteiger partial charge in [-0.1, -0.05) is 24.3 Å². The Labute approximate surface area is 146 Å². The molecule has 2 heterocycles. The summed E-state index contributed by atoms with van der Waals surface area (Å²) in [6.07, 6.45) is 3.65. The molecule has 2 N–H and O–H groups in total. The zero-order valence-corrected chi connectivity index (χ0v) is 14.2. The molecule has 5 heteroatoms. The largest absolute Gasteiger partial charge is 0.399 e. The molecule has 124 valence electrons. The predicted octanol–water partition coefficient (Wildman–Crippen LogP) is 4.05. The molecule has 0 spiro atoms. The number of nitrogen functional groups attached to an aromatic ring is 1. The molecule has 0 unspecified atom stereocenters. The minimum Gasteiger partial charge on any atom is -0.399 e. The number of fused-ring (bicyclic) bond motifs is 1. The van der Waals surface area contributed by atoms with Crippen LogP contribution in [-0.4, -0.2) is 21.6 Å². The average molecular weight is 329 g/mol. The van der Waals surface area contributed by atoms with E-state index in [1.54, 1.807) is 0 Å². The standard InChI is InChI=1S/C20H19N5/c1-14-5-3-8-17(11-14)24(2)19-9-10-22-20-18(13-23-25(19)20)15-6-4-7-16(21)12-15/h3-13H,21H2,1-2H3. The number of nitrogens with two attached hydrogens (primary N) is 1. The summed E-state index contributed by atoms with van der Waals surface area (Å²) in [5.74, 6) is 0.950. The van der Waals surface area contributed by atoms with Crippen LogP contribution in [0.3, 0.4) is 0 Å². The summed E-state index contributed by atoms with van der Waals surface area (Å²) in [4.78, 5) is 6.64. The maximum atomic E-state index is 5.92. The molecule has 0 fully saturated rings. The van der Waals surface area contributed by atoms with Crippen molar-refractivity contribution in [1.82, 2.24) is 14.6 Å². The van der Waals surface area contributed by atoms with Crippen molar-refractivity contribution in [3.05, 3.63) is 72.6 Å². The van der Waals surface area contributed by atoms with Crippen molar-refractivity contribution in [1.29, 1.82) is 0 Å². The molecule has 0 saturated heterocycles. The van der Waals surface area contributed by atoms with Gasteiger partial charge in [-0.15, -0.1) is 0 Å². The minimum atomic E-state index is 0.727. The number of rotatable bonds is 3. The van der Waals surface area contributed by atoms with Gasteiger partial charge in [0.25, 0.3) is 0 Å². The first-order valence-electron chi connectivity index (χ1n) is 8.12. The fourth-order valence-electron chi connectivity index (χ4n) is 3.01. The van der Waals surface area contributed by atoms with E-state index in [0.717, 1.165) is 34.0 Å². The lowest BCUT2D eigenvalue weighted by Gasteiger charge is -2.20. The Morgan fingerprint density at radius 3 is 2.68 bits per heavy atom. The predicted molar refractivity (Wildman–Crippen MR) is 102 cm³/mol. The van der Waals surface area contributed by atoms with Gasteiger partial charge >= 0.3 is 0 Å². The highest BCUT2D eigenvalue weighted by molar-refractivity contribution is 5.80. The zero-order chi connectivity index (χ0) is 17.4. The lowest BCUT2D eigenvalue weighted by molar-refractivity contribution is 0.912. The summed E-state index contributed by atoms with van der Waals surface area (Å²) in [6, 6.07) is 18.1. The topological polar surface area (TPSA) is 59.5 Å². The summed E-state index contributed by atoms with van der Waals surface area (Å²) >= 11 is 0. The van der Waals surface area contributed by atoms with Gasteiger partial charge < -0.3 is 10.6 Å². The molecule has 0 aliphatic heterocycles. The molecular weight excluding hydrogens is 310 g/mol. The molecule has 2 aromatic carbocycles. The number of aromatic nitrogens is 3. The smallest absolute Gasteiger partial charge is 0.165 e. The normalized spacial score (nSPS) is 11.0. The summed E-state index contributed by atoms with van der Waals surface area (Å²) in [7, 11) is 2.03. The van der Waals surface area contributed by atoms with E-state index in [4.69, 9.17) is 5.73 Å². The summed E-state index contributed by atoms with van der Waals surface area (Å²) in [5, 5.41) is 4.57. The Balaban J connectivity index is 1.84. The summed E-state index contributed by atoms with van der Waals surface area (Å²) in [5.41, 5.74) is 11.8. The van der Waals surface area contributed by atoms with Crippen molar-refractivity contribution < 1.29 is 0 Å². The minimum absolute atomic E-state index is 0.727. The van der Waals surface area contributed by atoms with Crippen molar-refractivity contribution >= 4 is 22.8 Å². The molecule has 4 rings (SSSR count). The third-order valence-corrected chi connectivity index (χ3v) is 4.31. The van der Waals surface area contributed by atoms with Gasteiger partial charge in [-0.3, -0.25) is 0 Å². The second-order valence-corrected chi connectivity index (χ2v) is 6.12. The monoisotopic (exact) mass is 329 g/mol. The van der Waals surface area contributed by atoms with Gasteiger partial charge in [-0.05, 0) is 48.4 Å². The Bertz CT molecular complexity index is 1050. The molecule has 0 aliphatic carbocycles. The SMILES string of the molecule is Cc1cccc(N(C)c2ccnc3c(-c4cccc(N)c4)cnn23)c1. The Hall–Kier alpha value is -3.34. The fraction of sp³-hybridized carbons (Fsp3) is 0.100.